The number of carboxylic acid groups (broad SMARTS) is 1. The molecule has 0 aliphatic carbocycles. The second-order valence-corrected chi connectivity index (χ2v) is 5.02. The number of carbonyl (C=O) groups is 1. The van der Waals surface area contributed by atoms with Crippen molar-refractivity contribution in [3.63, 3.8) is 0 Å². The van der Waals surface area contributed by atoms with Crippen LogP contribution in [0.2, 0.25) is 0 Å². The number of aromatic nitrogens is 2. The van der Waals surface area contributed by atoms with Gasteiger partial charge in [-0.3, -0.25) is 9.69 Å². The van der Waals surface area contributed by atoms with Crippen LogP contribution >= 0.6 is 12.4 Å². The Kier molecular flexibility index (Phi) is 7.01. The van der Waals surface area contributed by atoms with Crippen molar-refractivity contribution in [3.8, 4) is 0 Å². The van der Waals surface area contributed by atoms with E-state index in [-0.39, 0.29) is 12.4 Å². The molecular formula is C15H20ClN3O3. The molecule has 0 aliphatic rings. The van der Waals surface area contributed by atoms with Crippen LogP contribution in [0.15, 0.2) is 34.9 Å². The number of nitrogens with zero attached hydrogens (tertiary/aromatic N) is 3. The summed E-state index contributed by atoms with van der Waals surface area (Å²) >= 11 is 0. The number of benzene rings is 1. The lowest BCUT2D eigenvalue weighted by Crippen LogP contribution is -2.35. The molecule has 0 aliphatic heterocycles. The predicted molar refractivity (Wildman–Crippen MR) is 84.0 cm³/mol. The van der Waals surface area contributed by atoms with E-state index >= 15 is 0 Å². The first kappa shape index (κ1) is 18.1. The zero-order valence-corrected chi connectivity index (χ0v) is 13.4. The minimum absolute atomic E-state index is 0. The van der Waals surface area contributed by atoms with Crippen molar-refractivity contribution in [2.45, 2.75) is 32.4 Å². The number of halogens is 1. The SMILES string of the molecule is CC(C(=O)O)N(C)Cc1nc(CCc2ccccc2)no1.Cl. The molecule has 0 saturated heterocycles. The van der Waals surface area contributed by atoms with Crippen LogP contribution in [0, 0.1) is 0 Å². The van der Waals surface area contributed by atoms with Gasteiger partial charge in [-0.2, -0.15) is 4.98 Å². The van der Waals surface area contributed by atoms with Crippen molar-refractivity contribution >= 4 is 18.4 Å². The molecule has 0 fully saturated rings. The highest BCUT2D eigenvalue weighted by Crippen LogP contribution is 2.08. The average Bonchev–Trinajstić information content (AvgIpc) is 2.92. The molecule has 120 valence electrons. The van der Waals surface area contributed by atoms with Gasteiger partial charge in [0.05, 0.1) is 6.54 Å². The maximum Gasteiger partial charge on any atom is 0.320 e. The minimum atomic E-state index is -0.874. The van der Waals surface area contributed by atoms with Crippen LogP contribution in [-0.2, 0) is 24.2 Å². The minimum Gasteiger partial charge on any atom is -0.480 e. The van der Waals surface area contributed by atoms with Crippen LogP contribution in [0.4, 0.5) is 0 Å². The van der Waals surface area contributed by atoms with E-state index in [0.717, 1.165) is 6.42 Å². The van der Waals surface area contributed by atoms with Gasteiger partial charge in [0, 0.05) is 6.42 Å². The van der Waals surface area contributed by atoms with E-state index in [0.29, 0.717) is 24.7 Å². The first-order valence-electron chi connectivity index (χ1n) is 6.84. The molecule has 1 atom stereocenters. The molecule has 1 N–H and O–H groups in total. The van der Waals surface area contributed by atoms with Gasteiger partial charge in [-0.15, -0.1) is 12.4 Å². The Balaban J connectivity index is 0.00000242. The summed E-state index contributed by atoms with van der Waals surface area (Å²) in [6.45, 7) is 1.95. The summed E-state index contributed by atoms with van der Waals surface area (Å²) < 4.78 is 5.16. The van der Waals surface area contributed by atoms with Crippen molar-refractivity contribution < 1.29 is 14.4 Å². The monoisotopic (exact) mass is 325 g/mol. The maximum atomic E-state index is 10.9. The number of hydrogen-bond donors (Lipinski definition) is 1. The molecule has 0 bridgehead atoms. The predicted octanol–water partition coefficient (Wildman–Crippen LogP) is 2.18. The molecule has 0 radical (unpaired) electrons. The summed E-state index contributed by atoms with van der Waals surface area (Å²) in [6, 6.07) is 9.50. The fourth-order valence-electron chi connectivity index (χ4n) is 1.90. The summed E-state index contributed by atoms with van der Waals surface area (Å²) in [7, 11) is 1.71. The van der Waals surface area contributed by atoms with Gasteiger partial charge in [0.15, 0.2) is 5.82 Å². The van der Waals surface area contributed by atoms with Crippen LogP contribution < -0.4 is 0 Å². The van der Waals surface area contributed by atoms with Gasteiger partial charge in [-0.05, 0) is 26.0 Å². The Morgan fingerprint density at radius 1 is 1.32 bits per heavy atom. The van der Waals surface area contributed by atoms with E-state index in [1.54, 1.807) is 18.9 Å². The van der Waals surface area contributed by atoms with E-state index in [2.05, 4.69) is 22.3 Å². The Morgan fingerprint density at radius 3 is 2.64 bits per heavy atom. The largest absolute Gasteiger partial charge is 0.480 e. The fourth-order valence-corrected chi connectivity index (χ4v) is 1.90. The van der Waals surface area contributed by atoms with Crippen LogP contribution in [0.25, 0.3) is 0 Å². The van der Waals surface area contributed by atoms with Crippen LogP contribution in [0.1, 0.15) is 24.2 Å². The molecule has 1 aromatic carbocycles. The molecule has 2 rings (SSSR count). The second kappa shape index (κ2) is 8.51. The summed E-state index contributed by atoms with van der Waals surface area (Å²) in [5.74, 6) is 0.209. The first-order valence-corrected chi connectivity index (χ1v) is 6.84. The van der Waals surface area contributed by atoms with Gasteiger partial charge in [-0.25, -0.2) is 0 Å². The van der Waals surface area contributed by atoms with Gasteiger partial charge >= 0.3 is 5.97 Å². The number of likely N-dealkylation sites (N-methyl/N-ethyl adjacent to an activating group) is 1. The molecule has 1 aromatic heterocycles. The number of hydrogen-bond acceptors (Lipinski definition) is 5. The van der Waals surface area contributed by atoms with Gasteiger partial charge in [0.1, 0.15) is 6.04 Å². The molecule has 0 amide bonds. The quantitative estimate of drug-likeness (QED) is 0.840. The normalized spacial score (nSPS) is 12.0. The summed E-state index contributed by atoms with van der Waals surface area (Å²) in [5.41, 5.74) is 1.22. The highest BCUT2D eigenvalue weighted by atomic mass is 35.5. The van der Waals surface area contributed by atoms with E-state index in [9.17, 15) is 4.79 Å². The lowest BCUT2D eigenvalue weighted by molar-refractivity contribution is -0.142. The van der Waals surface area contributed by atoms with Crippen molar-refractivity contribution in [2.24, 2.45) is 0 Å². The third kappa shape index (κ3) is 5.13. The van der Waals surface area contributed by atoms with Crippen molar-refractivity contribution in [1.82, 2.24) is 15.0 Å². The maximum absolute atomic E-state index is 10.9. The highest BCUT2D eigenvalue weighted by Gasteiger charge is 2.19. The zero-order chi connectivity index (χ0) is 15.2. The van der Waals surface area contributed by atoms with Crippen LogP contribution in [0.5, 0.6) is 0 Å². The van der Waals surface area contributed by atoms with Gasteiger partial charge in [0.2, 0.25) is 5.89 Å². The van der Waals surface area contributed by atoms with E-state index < -0.39 is 12.0 Å². The molecule has 7 heteroatoms. The lowest BCUT2D eigenvalue weighted by Gasteiger charge is -2.18. The second-order valence-electron chi connectivity index (χ2n) is 5.02. The molecule has 2 aromatic rings. The third-order valence-corrected chi connectivity index (χ3v) is 3.39. The molecule has 0 spiro atoms. The average molecular weight is 326 g/mol. The Labute approximate surface area is 135 Å². The Bertz CT molecular complexity index is 589. The van der Waals surface area contributed by atoms with Crippen molar-refractivity contribution in [3.05, 3.63) is 47.6 Å². The summed E-state index contributed by atoms with van der Waals surface area (Å²) in [5, 5.41) is 12.9. The van der Waals surface area contributed by atoms with Gasteiger partial charge in [-0.1, -0.05) is 35.5 Å². The van der Waals surface area contributed by atoms with Crippen LogP contribution in [0.3, 0.4) is 0 Å². The topological polar surface area (TPSA) is 79.5 Å². The number of carboxylic acids is 1. The first-order chi connectivity index (χ1) is 10.1. The Morgan fingerprint density at radius 2 is 2.00 bits per heavy atom. The summed E-state index contributed by atoms with van der Waals surface area (Å²) in [4.78, 5) is 16.8. The van der Waals surface area contributed by atoms with E-state index in [4.69, 9.17) is 9.63 Å². The lowest BCUT2D eigenvalue weighted by atomic mass is 10.1. The third-order valence-electron chi connectivity index (χ3n) is 3.39. The zero-order valence-electron chi connectivity index (χ0n) is 12.6. The standard InChI is InChI=1S/C15H19N3O3.ClH/c1-11(15(19)20)18(2)10-14-16-13(17-21-14)9-8-12-6-4-3-5-7-12;/h3-7,11H,8-10H2,1-2H3,(H,19,20);1H. The smallest absolute Gasteiger partial charge is 0.320 e. The highest BCUT2D eigenvalue weighted by molar-refractivity contribution is 5.85. The Hall–Kier alpha value is -1.92. The number of aryl methyl sites for hydroxylation is 2. The van der Waals surface area contributed by atoms with E-state index in [1.165, 1.54) is 5.56 Å². The molecule has 22 heavy (non-hydrogen) atoms. The fraction of sp³-hybridized carbons (Fsp3) is 0.400. The molecule has 1 unspecified atom stereocenters. The van der Waals surface area contributed by atoms with E-state index in [1.807, 2.05) is 18.2 Å². The summed E-state index contributed by atoms with van der Waals surface area (Å²) in [6.07, 6.45) is 1.55. The molecule has 6 nitrogen and oxygen atoms in total. The number of aliphatic carboxylic acids is 1. The van der Waals surface area contributed by atoms with Crippen molar-refractivity contribution in [1.29, 1.82) is 0 Å². The van der Waals surface area contributed by atoms with Crippen LogP contribution in [-0.4, -0.2) is 39.2 Å². The molecule has 1 heterocycles. The van der Waals surface area contributed by atoms with Gasteiger partial charge in [0.25, 0.3) is 0 Å². The molecule has 0 saturated carbocycles. The van der Waals surface area contributed by atoms with Crippen molar-refractivity contribution in [2.75, 3.05) is 7.05 Å². The molecular weight excluding hydrogens is 306 g/mol. The number of rotatable bonds is 7. The van der Waals surface area contributed by atoms with Gasteiger partial charge < -0.3 is 9.63 Å².